The highest BCUT2D eigenvalue weighted by atomic mass is 16.1. The molecule has 1 heterocycles. The predicted molar refractivity (Wildman–Crippen MR) is 60.6 cm³/mol. The number of hydrogen-bond acceptors (Lipinski definition) is 2. The van der Waals surface area contributed by atoms with Crippen molar-refractivity contribution in [2.45, 2.75) is 51.0 Å². The Hall–Kier alpha value is -0.570. The zero-order valence-corrected chi connectivity index (χ0v) is 9.43. The van der Waals surface area contributed by atoms with E-state index in [2.05, 4.69) is 10.6 Å². The van der Waals surface area contributed by atoms with Crippen molar-refractivity contribution in [3.63, 3.8) is 0 Å². The summed E-state index contributed by atoms with van der Waals surface area (Å²) in [5.74, 6) is 1.09. The Balaban J connectivity index is 1.51. The lowest BCUT2D eigenvalue weighted by Crippen LogP contribution is -2.37. The van der Waals surface area contributed by atoms with Gasteiger partial charge in [-0.3, -0.25) is 4.79 Å². The lowest BCUT2D eigenvalue weighted by Gasteiger charge is -2.24. The number of carbonyl (C=O) groups is 1. The van der Waals surface area contributed by atoms with E-state index < -0.39 is 0 Å². The van der Waals surface area contributed by atoms with E-state index in [0.717, 1.165) is 31.8 Å². The van der Waals surface area contributed by atoms with Crippen LogP contribution in [0.2, 0.25) is 0 Å². The summed E-state index contributed by atoms with van der Waals surface area (Å²) in [6.45, 7) is 1.94. The highest BCUT2D eigenvalue weighted by Crippen LogP contribution is 2.30. The summed E-state index contributed by atoms with van der Waals surface area (Å²) in [4.78, 5) is 11.5. The molecule has 1 saturated heterocycles. The number of hydrogen-bond donors (Lipinski definition) is 2. The number of carbonyl (C=O) groups excluding carboxylic acids is 1. The molecule has 0 spiro atoms. The molecule has 1 unspecified atom stereocenters. The maximum absolute atomic E-state index is 11.5. The fraction of sp³-hybridized carbons (Fsp3) is 0.917. The fourth-order valence-corrected chi connectivity index (χ4v) is 2.37. The van der Waals surface area contributed by atoms with Gasteiger partial charge in [0.25, 0.3) is 0 Å². The lowest BCUT2D eigenvalue weighted by atomic mass is 9.82. The Morgan fingerprint density at radius 2 is 2.13 bits per heavy atom. The largest absolute Gasteiger partial charge is 0.355 e. The highest BCUT2D eigenvalue weighted by molar-refractivity contribution is 5.75. The zero-order valence-electron chi connectivity index (χ0n) is 9.43. The molecule has 3 heteroatoms. The van der Waals surface area contributed by atoms with Crippen LogP contribution in [0.4, 0.5) is 0 Å². The molecule has 1 atom stereocenters. The van der Waals surface area contributed by atoms with Crippen molar-refractivity contribution in [2.24, 2.45) is 5.92 Å². The summed E-state index contributed by atoms with van der Waals surface area (Å²) in [5, 5.41) is 6.41. The first-order valence-electron chi connectivity index (χ1n) is 6.34. The van der Waals surface area contributed by atoms with Gasteiger partial charge in [0.05, 0.1) is 0 Å². The van der Waals surface area contributed by atoms with Crippen LogP contribution in [0.15, 0.2) is 0 Å². The molecule has 0 aromatic rings. The summed E-state index contributed by atoms with van der Waals surface area (Å²) in [6, 6.07) is 0.526. The summed E-state index contributed by atoms with van der Waals surface area (Å²) in [6.07, 6.45) is 8.36. The monoisotopic (exact) mass is 210 g/mol. The van der Waals surface area contributed by atoms with Crippen LogP contribution in [-0.2, 0) is 4.79 Å². The Labute approximate surface area is 92.0 Å². The Morgan fingerprint density at radius 1 is 1.27 bits per heavy atom. The highest BCUT2D eigenvalue weighted by Gasteiger charge is 2.19. The summed E-state index contributed by atoms with van der Waals surface area (Å²) >= 11 is 0. The maximum Gasteiger partial charge on any atom is 0.220 e. The first kappa shape index (κ1) is 10.9. The maximum atomic E-state index is 11.5. The quantitative estimate of drug-likeness (QED) is 0.721. The molecule has 1 aliphatic heterocycles. The van der Waals surface area contributed by atoms with Gasteiger partial charge in [-0.05, 0) is 31.7 Å². The third-order valence-electron chi connectivity index (χ3n) is 3.71. The smallest absolute Gasteiger partial charge is 0.220 e. The van der Waals surface area contributed by atoms with Crippen LogP contribution in [0.5, 0.6) is 0 Å². The summed E-state index contributed by atoms with van der Waals surface area (Å²) in [5.41, 5.74) is 0. The third-order valence-corrected chi connectivity index (χ3v) is 3.71. The molecule has 2 fully saturated rings. The van der Waals surface area contributed by atoms with Crippen LogP contribution >= 0.6 is 0 Å². The molecule has 2 aliphatic rings. The van der Waals surface area contributed by atoms with E-state index in [4.69, 9.17) is 0 Å². The first-order valence-corrected chi connectivity index (χ1v) is 6.34. The van der Waals surface area contributed by atoms with Gasteiger partial charge >= 0.3 is 0 Å². The third kappa shape index (κ3) is 3.49. The number of rotatable bonds is 5. The van der Waals surface area contributed by atoms with Crippen molar-refractivity contribution in [1.82, 2.24) is 10.6 Å². The predicted octanol–water partition coefficient (Wildman–Crippen LogP) is 1.43. The molecule has 3 nitrogen and oxygen atoms in total. The molecule has 1 saturated carbocycles. The normalized spacial score (nSPS) is 26.3. The molecular formula is C12H22N2O. The fourth-order valence-electron chi connectivity index (χ4n) is 2.37. The minimum Gasteiger partial charge on any atom is -0.355 e. The van der Waals surface area contributed by atoms with E-state index in [1.807, 2.05) is 0 Å². The molecule has 0 bridgehead atoms. The van der Waals surface area contributed by atoms with Gasteiger partial charge in [0.1, 0.15) is 0 Å². The minimum atomic E-state index is 0.246. The topological polar surface area (TPSA) is 41.1 Å². The Kier molecular flexibility index (Phi) is 4.01. The van der Waals surface area contributed by atoms with E-state index in [0.29, 0.717) is 6.04 Å². The van der Waals surface area contributed by atoms with Gasteiger partial charge in [-0.1, -0.05) is 19.3 Å². The van der Waals surface area contributed by atoms with Crippen LogP contribution in [-0.4, -0.2) is 25.0 Å². The standard InChI is InChI=1S/C12H22N2O/c15-12(7-6-10-3-1-4-10)14-9-11-5-2-8-13-11/h10-11,13H,1-9H2,(H,14,15). The van der Waals surface area contributed by atoms with Gasteiger partial charge < -0.3 is 10.6 Å². The van der Waals surface area contributed by atoms with E-state index in [1.165, 1.54) is 32.1 Å². The van der Waals surface area contributed by atoms with E-state index in [-0.39, 0.29) is 5.91 Å². The van der Waals surface area contributed by atoms with Gasteiger partial charge in [0, 0.05) is 19.0 Å². The van der Waals surface area contributed by atoms with Gasteiger partial charge in [-0.2, -0.15) is 0 Å². The molecule has 86 valence electrons. The van der Waals surface area contributed by atoms with Crippen LogP contribution in [0.25, 0.3) is 0 Å². The average molecular weight is 210 g/mol. The molecule has 15 heavy (non-hydrogen) atoms. The van der Waals surface area contributed by atoms with E-state index in [1.54, 1.807) is 0 Å². The van der Waals surface area contributed by atoms with Crippen molar-refractivity contribution >= 4 is 5.91 Å². The van der Waals surface area contributed by atoms with Crippen molar-refractivity contribution in [3.05, 3.63) is 0 Å². The Morgan fingerprint density at radius 3 is 2.73 bits per heavy atom. The molecule has 1 amide bonds. The van der Waals surface area contributed by atoms with Crippen LogP contribution < -0.4 is 10.6 Å². The van der Waals surface area contributed by atoms with E-state index >= 15 is 0 Å². The van der Waals surface area contributed by atoms with Gasteiger partial charge in [0.2, 0.25) is 5.91 Å². The second-order valence-corrected chi connectivity index (χ2v) is 4.93. The summed E-state index contributed by atoms with van der Waals surface area (Å²) in [7, 11) is 0. The van der Waals surface area contributed by atoms with Gasteiger partial charge in [-0.15, -0.1) is 0 Å². The molecule has 0 aromatic carbocycles. The van der Waals surface area contributed by atoms with Crippen molar-refractivity contribution in [1.29, 1.82) is 0 Å². The van der Waals surface area contributed by atoms with Crippen LogP contribution in [0.1, 0.15) is 44.9 Å². The summed E-state index contributed by atoms with van der Waals surface area (Å²) < 4.78 is 0. The van der Waals surface area contributed by atoms with Crippen molar-refractivity contribution in [3.8, 4) is 0 Å². The molecular weight excluding hydrogens is 188 g/mol. The molecule has 2 rings (SSSR count). The molecule has 0 aromatic heterocycles. The number of nitrogens with one attached hydrogen (secondary N) is 2. The minimum absolute atomic E-state index is 0.246. The van der Waals surface area contributed by atoms with Gasteiger partial charge in [-0.25, -0.2) is 0 Å². The number of amides is 1. The first-order chi connectivity index (χ1) is 7.34. The second-order valence-electron chi connectivity index (χ2n) is 4.93. The molecule has 2 N–H and O–H groups in total. The van der Waals surface area contributed by atoms with E-state index in [9.17, 15) is 4.79 Å². The van der Waals surface area contributed by atoms with Crippen LogP contribution in [0.3, 0.4) is 0 Å². The molecule has 1 aliphatic carbocycles. The average Bonchev–Trinajstić information content (AvgIpc) is 2.64. The zero-order chi connectivity index (χ0) is 10.5. The van der Waals surface area contributed by atoms with Crippen LogP contribution in [0, 0.1) is 5.92 Å². The Bertz CT molecular complexity index is 208. The SMILES string of the molecule is O=C(CCC1CCC1)NCC1CCCN1. The van der Waals surface area contributed by atoms with Crippen molar-refractivity contribution in [2.75, 3.05) is 13.1 Å². The molecule has 0 radical (unpaired) electrons. The lowest BCUT2D eigenvalue weighted by molar-refractivity contribution is -0.121. The van der Waals surface area contributed by atoms with Crippen molar-refractivity contribution < 1.29 is 4.79 Å². The van der Waals surface area contributed by atoms with Gasteiger partial charge in [0.15, 0.2) is 0 Å². The second kappa shape index (κ2) is 5.50.